The number of carboxylic acid groups (broad SMARTS) is 1. The predicted molar refractivity (Wildman–Crippen MR) is 82.2 cm³/mol. The highest BCUT2D eigenvalue weighted by Gasteiger charge is 2.09. The van der Waals surface area contributed by atoms with Gasteiger partial charge in [-0.15, -0.1) is 0 Å². The number of aromatic carboxylic acids is 1. The van der Waals surface area contributed by atoms with Gasteiger partial charge >= 0.3 is 5.97 Å². The molecule has 0 aliphatic carbocycles. The molecule has 2 rings (SSSR count). The Morgan fingerprint density at radius 1 is 1.38 bits per heavy atom. The van der Waals surface area contributed by atoms with Crippen molar-refractivity contribution in [2.24, 2.45) is 0 Å². The second-order valence-corrected chi connectivity index (χ2v) is 4.53. The summed E-state index contributed by atoms with van der Waals surface area (Å²) in [5.74, 6) is -0.478. The summed E-state index contributed by atoms with van der Waals surface area (Å²) in [6.45, 7) is 6.20. The van der Waals surface area contributed by atoms with E-state index in [9.17, 15) is 4.79 Å². The third kappa shape index (κ3) is 4.80. The highest BCUT2D eigenvalue weighted by molar-refractivity contribution is 5.88. The summed E-state index contributed by atoms with van der Waals surface area (Å²) >= 11 is 0. The van der Waals surface area contributed by atoms with Crippen LogP contribution in [0.3, 0.4) is 0 Å². The standard InChI is InChI=1S/C11H10N2O3.C5H10/c1-16-10-6-8(11(14)15)2-3-9(10)13-5-4-12-7-13;1-4-5(2)3/h2-7H,1H3,(H,14,15);4H,1-3H3. The molecule has 0 unspecified atom stereocenters. The van der Waals surface area contributed by atoms with Gasteiger partial charge in [0.15, 0.2) is 0 Å². The van der Waals surface area contributed by atoms with Crippen molar-refractivity contribution in [1.82, 2.24) is 9.55 Å². The van der Waals surface area contributed by atoms with E-state index in [-0.39, 0.29) is 5.56 Å². The van der Waals surface area contributed by atoms with Gasteiger partial charge in [-0.1, -0.05) is 11.6 Å². The van der Waals surface area contributed by atoms with E-state index in [4.69, 9.17) is 9.84 Å². The van der Waals surface area contributed by atoms with Crippen molar-refractivity contribution < 1.29 is 14.6 Å². The number of nitrogens with zero attached hydrogens (tertiary/aromatic N) is 2. The van der Waals surface area contributed by atoms with Crippen LogP contribution < -0.4 is 4.74 Å². The molecule has 0 aliphatic heterocycles. The molecular weight excluding hydrogens is 268 g/mol. The summed E-state index contributed by atoms with van der Waals surface area (Å²) in [5.41, 5.74) is 2.33. The van der Waals surface area contributed by atoms with Crippen LogP contribution in [0.4, 0.5) is 0 Å². The summed E-state index contributed by atoms with van der Waals surface area (Å²) in [4.78, 5) is 14.7. The van der Waals surface area contributed by atoms with Crippen LogP contribution in [0.1, 0.15) is 31.1 Å². The molecule has 0 saturated carbocycles. The molecule has 0 atom stereocenters. The fraction of sp³-hybridized carbons (Fsp3) is 0.250. The molecule has 1 aromatic heterocycles. The van der Waals surface area contributed by atoms with Crippen molar-refractivity contribution in [2.75, 3.05) is 7.11 Å². The van der Waals surface area contributed by atoms with Crippen LogP contribution in [0.15, 0.2) is 48.6 Å². The van der Waals surface area contributed by atoms with E-state index >= 15 is 0 Å². The van der Waals surface area contributed by atoms with Crippen LogP contribution in [0.2, 0.25) is 0 Å². The number of benzene rings is 1. The van der Waals surface area contributed by atoms with Gasteiger partial charge in [0.2, 0.25) is 0 Å². The molecule has 1 N–H and O–H groups in total. The zero-order valence-corrected chi connectivity index (χ0v) is 12.7. The van der Waals surface area contributed by atoms with Crippen LogP contribution in [-0.4, -0.2) is 27.7 Å². The molecule has 1 heterocycles. The maximum Gasteiger partial charge on any atom is 0.335 e. The van der Waals surface area contributed by atoms with Crippen molar-refractivity contribution in [3.05, 3.63) is 54.1 Å². The minimum atomic E-state index is -0.976. The zero-order chi connectivity index (χ0) is 15.8. The van der Waals surface area contributed by atoms with Crippen molar-refractivity contribution in [3.63, 3.8) is 0 Å². The van der Waals surface area contributed by atoms with E-state index in [2.05, 4.69) is 24.9 Å². The molecule has 0 radical (unpaired) electrons. The lowest BCUT2D eigenvalue weighted by molar-refractivity contribution is 0.0696. The van der Waals surface area contributed by atoms with E-state index in [0.29, 0.717) is 5.75 Å². The average Bonchev–Trinajstić information content (AvgIpc) is 3.01. The molecule has 0 fully saturated rings. The number of allylic oxidation sites excluding steroid dienone is 2. The van der Waals surface area contributed by atoms with E-state index < -0.39 is 5.97 Å². The number of hydrogen-bond acceptors (Lipinski definition) is 3. The first kappa shape index (κ1) is 16.5. The van der Waals surface area contributed by atoms with Gasteiger partial charge in [0, 0.05) is 12.4 Å². The number of hydrogen-bond donors (Lipinski definition) is 1. The Balaban J connectivity index is 0.000000383. The van der Waals surface area contributed by atoms with Gasteiger partial charge in [-0.25, -0.2) is 9.78 Å². The highest BCUT2D eigenvalue weighted by atomic mass is 16.5. The summed E-state index contributed by atoms with van der Waals surface area (Å²) in [6, 6.07) is 4.70. The Morgan fingerprint density at radius 3 is 2.48 bits per heavy atom. The monoisotopic (exact) mass is 288 g/mol. The van der Waals surface area contributed by atoms with E-state index in [1.165, 1.54) is 24.8 Å². The van der Waals surface area contributed by atoms with Crippen molar-refractivity contribution >= 4 is 5.97 Å². The zero-order valence-electron chi connectivity index (χ0n) is 12.7. The second kappa shape index (κ2) is 7.89. The first-order valence-corrected chi connectivity index (χ1v) is 6.48. The molecule has 0 bridgehead atoms. The van der Waals surface area contributed by atoms with Crippen molar-refractivity contribution in [2.45, 2.75) is 20.8 Å². The number of carboxylic acids is 1. The van der Waals surface area contributed by atoms with Crippen molar-refractivity contribution in [3.8, 4) is 11.4 Å². The Morgan fingerprint density at radius 2 is 2.05 bits per heavy atom. The molecule has 0 saturated heterocycles. The van der Waals surface area contributed by atoms with E-state index in [1.807, 2.05) is 6.92 Å². The fourth-order valence-corrected chi connectivity index (χ4v) is 1.43. The summed E-state index contributed by atoms with van der Waals surface area (Å²) in [6.07, 6.45) is 7.11. The van der Waals surface area contributed by atoms with Crippen LogP contribution in [-0.2, 0) is 0 Å². The highest BCUT2D eigenvalue weighted by Crippen LogP contribution is 2.23. The van der Waals surface area contributed by atoms with Gasteiger partial charge < -0.3 is 14.4 Å². The summed E-state index contributed by atoms with van der Waals surface area (Å²) in [5, 5.41) is 8.85. The van der Waals surface area contributed by atoms with E-state index in [1.54, 1.807) is 29.4 Å². The molecule has 0 aliphatic rings. The van der Waals surface area contributed by atoms with Gasteiger partial charge in [0.25, 0.3) is 0 Å². The SMILES string of the molecule is CC=C(C)C.COc1cc(C(=O)O)ccc1-n1ccnc1. The average molecular weight is 288 g/mol. The number of methoxy groups -OCH3 is 1. The Kier molecular flexibility index (Phi) is 6.20. The van der Waals surface area contributed by atoms with E-state index in [0.717, 1.165) is 5.69 Å². The molecule has 21 heavy (non-hydrogen) atoms. The number of rotatable bonds is 3. The first-order chi connectivity index (χ1) is 9.99. The second-order valence-electron chi connectivity index (χ2n) is 4.53. The maximum absolute atomic E-state index is 10.8. The molecule has 0 spiro atoms. The molecule has 5 heteroatoms. The van der Waals surface area contributed by atoms with Gasteiger partial charge in [0.05, 0.1) is 24.7 Å². The van der Waals surface area contributed by atoms with Crippen LogP contribution in [0.25, 0.3) is 5.69 Å². The number of carbonyl (C=O) groups is 1. The summed E-state index contributed by atoms with van der Waals surface area (Å²) < 4.78 is 6.90. The third-order valence-electron chi connectivity index (χ3n) is 2.79. The number of imidazole rings is 1. The van der Waals surface area contributed by atoms with Crippen LogP contribution >= 0.6 is 0 Å². The minimum Gasteiger partial charge on any atom is -0.495 e. The molecule has 0 amide bonds. The first-order valence-electron chi connectivity index (χ1n) is 6.48. The lowest BCUT2D eigenvalue weighted by Crippen LogP contribution is -2.00. The molecule has 2 aromatic rings. The maximum atomic E-state index is 10.8. The third-order valence-corrected chi connectivity index (χ3v) is 2.79. The lowest BCUT2D eigenvalue weighted by Gasteiger charge is -2.09. The lowest BCUT2D eigenvalue weighted by atomic mass is 10.2. The predicted octanol–water partition coefficient (Wildman–Crippen LogP) is 3.55. The quantitative estimate of drug-likeness (QED) is 0.877. The number of ether oxygens (including phenoxy) is 1. The van der Waals surface area contributed by atoms with Gasteiger partial charge in [-0.05, 0) is 39.0 Å². The molecule has 1 aromatic carbocycles. The Bertz CT molecular complexity index is 612. The van der Waals surface area contributed by atoms with Crippen LogP contribution in [0, 0.1) is 0 Å². The normalized spacial score (nSPS) is 9.33. The topological polar surface area (TPSA) is 64.3 Å². The van der Waals surface area contributed by atoms with Crippen LogP contribution in [0.5, 0.6) is 5.75 Å². The van der Waals surface area contributed by atoms with Gasteiger partial charge in [-0.3, -0.25) is 0 Å². The molecular formula is C16H20N2O3. The minimum absolute atomic E-state index is 0.195. The van der Waals surface area contributed by atoms with Gasteiger partial charge in [0.1, 0.15) is 5.75 Å². The Labute approximate surface area is 124 Å². The van der Waals surface area contributed by atoms with Gasteiger partial charge in [-0.2, -0.15) is 0 Å². The summed E-state index contributed by atoms with van der Waals surface area (Å²) in [7, 11) is 1.50. The number of aromatic nitrogens is 2. The molecule has 5 nitrogen and oxygen atoms in total. The fourth-order valence-electron chi connectivity index (χ4n) is 1.43. The smallest absolute Gasteiger partial charge is 0.335 e. The largest absolute Gasteiger partial charge is 0.495 e. The molecule has 112 valence electrons. The Hall–Kier alpha value is -2.56. The van der Waals surface area contributed by atoms with Crippen molar-refractivity contribution in [1.29, 1.82) is 0 Å².